The van der Waals surface area contributed by atoms with Crippen LogP contribution in [-0.2, 0) is 6.42 Å². The molecule has 3 rings (SSSR count). The van der Waals surface area contributed by atoms with Crippen molar-refractivity contribution in [2.75, 3.05) is 0 Å². The van der Waals surface area contributed by atoms with Crippen LogP contribution in [0.3, 0.4) is 0 Å². The smallest absolute Gasteiger partial charge is 0.335 e. The van der Waals surface area contributed by atoms with Gasteiger partial charge in [-0.2, -0.15) is 0 Å². The van der Waals surface area contributed by atoms with Gasteiger partial charge in [-0.15, -0.1) is 0 Å². The molecule has 1 aliphatic carbocycles. The van der Waals surface area contributed by atoms with Crippen LogP contribution in [0.25, 0.3) is 5.57 Å². The van der Waals surface area contributed by atoms with Gasteiger partial charge < -0.3 is 5.11 Å². The molecule has 1 N–H and O–H groups in total. The highest BCUT2D eigenvalue weighted by Crippen LogP contribution is 2.38. The van der Waals surface area contributed by atoms with Crippen molar-refractivity contribution in [3.8, 4) is 0 Å². The lowest BCUT2D eigenvalue weighted by atomic mass is 9.80. The van der Waals surface area contributed by atoms with Crippen LogP contribution in [0.2, 0.25) is 0 Å². The monoisotopic (exact) mass is 292 g/mol. The Kier molecular flexibility index (Phi) is 4.10. The molecule has 0 fully saturated rings. The Labute approximate surface area is 131 Å². The Morgan fingerprint density at radius 3 is 2.55 bits per heavy atom. The van der Waals surface area contributed by atoms with Crippen molar-refractivity contribution >= 4 is 11.5 Å². The molecule has 0 radical (unpaired) electrons. The second kappa shape index (κ2) is 6.18. The van der Waals surface area contributed by atoms with Crippen LogP contribution in [0, 0.1) is 0 Å². The minimum Gasteiger partial charge on any atom is -0.478 e. The van der Waals surface area contributed by atoms with E-state index in [1.807, 2.05) is 30.3 Å². The summed E-state index contributed by atoms with van der Waals surface area (Å²) in [6.45, 7) is 2.19. The molecule has 2 aromatic rings. The largest absolute Gasteiger partial charge is 0.478 e. The number of hydrogen-bond donors (Lipinski definition) is 1. The predicted molar refractivity (Wildman–Crippen MR) is 89.1 cm³/mol. The van der Waals surface area contributed by atoms with Crippen molar-refractivity contribution in [3.63, 3.8) is 0 Å². The molecule has 0 saturated heterocycles. The molecular formula is C20H20O2. The molecule has 0 spiro atoms. The fraction of sp³-hybridized carbons (Fsp3) is 0.250. The average Bonchev–Trinajstić information content (AvgIpc) is 2.55. The van der Waals surface area contributed by atoms with Crippen LogP contribution >= 0.6 is 0 Å². The minimum atomic E-state index is -0.863. The van der Waals surface area contributed by atoms with Crippen LogP contribution in [0.15, 0.2) is 54.1 Å². The van der Waals surface area contributed by atoms with E-state index < -0.39 is 5.97 Å². The van der Waals surface area contributed by atoms with Crippen molar-refractivity contribution in [2.24, 2.45) is 0 Å². The molecule has 2 nitrogen and oxygen atoms in total. The second-order valence-electron chi connectivity index (χ2n) is 5.77. The molecule has 112 valence electrons. The maximum absolute atomic E-state index is 11.3. The Balaban J connectivity index is 2.21. The van der Waals surface area contributed by atoms with Crippen LogP contribution in [0.4, 0.5) is 0 Å². The normalized spacial score (nSPS) is 13.9. The van der Waals surface area contributed by atoms with E-state index in [0.717, 1.165) is 31.2 Å². The zero-order valence-corrected chi connectivity index (χ0v) is 12.8. The minimum absolute atomic E-state index is 0.366. The number of aromatic carboxylic acids is 1. The van der Waals surface area contributed by atoms with E-state index in [2.05, 4.69) is 19.1 Å². The fourth-order valence-corrected chi connectivity index (χ4v) is 3.28. The Bertz CT molecular complexity index is 727. The zero-order valence-electron chi connectivity index (χ0n) is 12.8. The molecule has 0 aromatic heterocycles. The second-order valence-corrected chi connectivity index (χ2v) is 5.77. The van der Waals surface area contributed by atoms with Gasteiger partial charge in [0, 0.05) is 0 Å². The van der Waals surface area contributed by atoms with Gasteiger partial charge in [0.25, 0.3) is 0 Å². The van der Waals surface area contributed by atoms with Crippen LogP contribution in [0.1, 0.15) is 53.2 Å². The summed E-state index contributed by atoms with van der Waals surface area (Å²) in [4.78, 5) is 11.3. The molecule has 0 saturated carbocycles. The highest BCUT2D eigenvalue weighted by Gasteiger charge is 2.21. The molecule has 0 amide bonds. The summed E-state index contributed by atoms with van der Waals surface area (Å²) < 4.78 is 0. The van der Waals surface area contributed by atoms with E-state index in [4.69, 9.17) is 0 Å². The Morgan fingerprint density at radius 2 is 1.86 bits per heavy atom. The van der Waals surface area contributed by atoms with Crippen LogP contribution in [0.5, 0.6) is 0 Å². The van der Waals surface area contributed by atoms with Gasteiger partial charge in [0.05, 0.1) is 5.56 Å². The molecule has 0 atom stereocenters. The molecule has 1 aliphatic rings. The lowest BCUT2D eigenvalue weighted by Crippen LogP contribution is -2.08. The van der Waals surface area contributed by atoms with Gasteiger partial charge in [-0.05, 0) is 53.7 Å². The first-order valence-corrected chi connectivity index (χ1v) is 7.84. The number of fused-ring (bicyclic) bond motifs is 1. The topological polar surface area (TPSA) is 37.3 Å². The summed E-state index contributed by atoms with van der Waals surface area (Å²) in [6, 6.07) is 15.9. The van der Waals surface area contributed by atoms with Crippen molar-refractivity contribution in [1.29, 1.82) is 0 Å². The SMILES string of the molecule is CCCC1=C(c2ccccc2)c2cc(C(=O)O)ccc2CC1. The van der Waals surface area contributed by atoms with Gasteiger partial charge in [0.15, 0.2) is 0 Å². The molecule has 0 aliphatic heterocycles. The van der Waals surface area contributed by atoms with Crippen LogP contribution in [-0.4, -0.2) is 11.1 Å². The molecule has 0 unspecified atom stereocenters. The number of carbonyl (C=O) groups is 1. The third-order valence-electron chi connectivity index (χ3n) is 4.29. The van der Waals surface area contributed by atoms with E-state index in [-0.39, 0.29) is 0 Å². The van der Waals surface area contributed by atoms with E-state index >= 15 is 0 Å². The summed E-state index contributed by atoms with van der Waals surface area (Å²) in [5.74, 6) is -0.863. The average molecular weight is 292 g/mol. The highest BCUT2D eigenvalue weighted by atomic mass is 16.4. The third kappa shape index (κ3) is 2.69. The summed E-state index contributed by atoms with van der Waals surface area (Å²) >= 11 is 0. The maximum Gasteiger partial charge on any atom is 0.335 e. The van der Waals surface area contributed by atoms with Gasteiger partial charge in [0.2, 0.25) is 0 Å². The maximum atomic E-state index is 11.3. The van der Waals surface area contributed by atoms with Gasteiger partial charge in [-0.25, -0.2) is 4.79 Å². The van der Waals surface area contributed by atoms with Crippen molar-refractivity contribution < 1.29 is 9.90 Å². The Morgan fingerprint density at radius 1 is 1.09 bits per heavy atom. The Hall–Kier alpha value is -2.35. The van der Waals surface area contributed by atoms with E-state index in [0.29, 0.717) is 5.56 Å². The highest BCUT2D eigenvalue weighted by molar-refractivity contribution is 5.92. The first kappa shape index (κ1) is 14.6. The molecule has 2 heteroatoms. The van der Waals surface area contributed by atoms with Crippen LogP contribution < -0.4 is 0 Å². The van der Waals surface area contributed by atoms with E-state index in [9.17, 15) is 9.90 Å². The third-order valence-corrected chi connectivity index (χ3v) is 4.29. The summed E-state index contributed by atoms with van der Waals surface area (Å²) in [5.41, 5.74) is 6.60. The lowest BCUT2D eigenvalue weighted by Gasteiger charge is -2.24. The number of rotatable bonds is 4. The lowest BCUT2D eigenvalue weighted by molar-refractivity contribution is 0.0697. The molecule has 22 heavy (non-hydrogen) atoms. The van der Waals surface area contributed by atoms with Gasteiger partial charge in [-0.3, -0.25) is 0 Å². The van der Waals surface area contributed by atoms with Gasteiger partial charge >= 0.3 is 5.97 Å². The van der Waals surface area contributed by atoms with E-state index in [1.165, 1.54) is 22.3 Å². The summed E-state index contributed by atoms with van der Waals surface area (Å²) in [7, 11) is 0. The molecular weight excluding hydrogens is 272 g/mol. The summed E-state index contributed by atoms with van der Waals surface area (Å²) in [5, 5.41) is 9.30. The van der Waals surface area contributed by atoms with Crippen molar-refractivity contribution in [1.82, 2.24) is 0 Å². The first-order valence-electron chi connectivity index (χ1n) is 7.84. The summed E-state index contributed by atoms with van der Waals surface area (Å²) in [6.07, 6.45) is 4.25. The molecule has 0 bridgehead atoms. The zero-order chi connectivity index (χ0) is 15.5. The molecule has 0 heterocycles. The first-order chi connectivity index (χ1) is 10.7. The van der Waals surface area contributed by atoms with Gasteiger partial charge in [0.1, 0.15) is 0 Å². The number of hydrogen-bond acceptors (Lipinski definition) is 1. The number of aryl methyl sites for hydroxylation is 1. The quantitative estimate of drug-likeness (QED) is 0.867. The number of carboxylic acids is 1. The number of allylic oxidation sites excluding steroid dienone is 1. The van der Waals surface area contributed by atoms with E-state index in [1.54, 1.807) is 6.07 Å². The standard InChI is InChI=1S/C20H20O2/c1-2-6-15-11-9-14-10-12-17(20(21)22)13-18(14)19(15)16-7-4-3-5-8-16/h3-5,7-8,10,12-13H,2,6,9,11H2,1H3,(H,21,22). The van der Waals surface area contributed by atoms with Gasteiger partial charge in [-0.1, -0.05) is 55.3 Å². The number of benzene rings is 2. The van der Waals surface area contributed by atoms with Crippen molar-refractivity contribution in [2.45, 2.75) is 32.6 Å². The van der Waals surface area contributed by atoms with Crippen molar-refractivity contribution in [3.05, 3.63) is 76.4 Å². The number of carboxylic acid groups (broad SMARTS) is 1. The fourth-order valence-electron chi connectivity index (χ4n) is 3.28. The predicted octanol–water partition coefficient (Wildman–Crippen LogP) is 4.93. The molecule has 2 aromatic carbocycles.